The number of rotatable bonds is 7. The Balaban J connectivity index is 1.44. The van der Waals surface area contributed by atoms with E-state index in [1.54, 1.807) is 29.6 Å². The number of amidine groups is 1. The number of aromatic nitrogens is 3. The van der Waals surface area contributed by atoms with Gasteiger partial charge in [-0.2, -0.15) is 0 Å². The standard InChI is InChI=1S/C24H30N6OS/c1-5-29(6-2)20-11-12-21(16(3)13-20)25-24-26-23(15-32-24)18-7-9-19(10-8-18)30-14-22(17(4)31)27-28-30/h7-14,17,23,31H,5-6,15H2,1-4H3,(H,25,26). The summed E-state index contributed by atoms with van der Waals surface area (Å²) in [7, 11) is 0. The van der Waals surface area contributed by atoms with Crippen LogP contribution in [0.2, 0.25) is 0 Å². The van der Waals surface area contributed by atoms with Crippen LogP contribution < -0.4 is 10.2 Å². The second-order valence-electron chi connectivity index (χ2n) is 7.91. The smallest absolute Gasteiger partial charge is 0.161 e. The van der Waals surface area contributed by atoms with E-state index in [0.717, 1.165) is 35.4 Å². The fraction of sp³-hybridized carbons (Fsp3) is 0.375. The summed E-state index contributed by atoms with van der Waals surface area (Å²) in [4.78, 5) is 7.25. The highest BCUT2D eigenvalue weighted by molar-refractivity contribution is 8.14. The van der Waals surface area contributed by atoms with Crippen molar-refractivity contribution in [2.75, 3.05) is 29.1 Å². The van der Waals surface area contributed by atoms with Gasteiger partial charge in [-0.3, -0.25) is 4.99 Å². The van der Waals surface area contributed by atoms with Crippen molar-refractivity contribution < 1.29 is 5.11 Å². The summed E-state index contributed by atoms with van der Waals surface area (Å²) in [6.07, 6.45) is 1.12. The van der Waals surface area contributed by atoms with Gasteiger partial charge in [0, 0.05) is 30.2 Å². The lowest BCUT2D eigenvalue weighted by Gasteiger charge is -2.22. The Hall–Kier alpha value is -2.84. The number of aliphatic hydroxyl groups is 1. The van der Waals surface area contributed by atoms with Gasteiger partial charge in [0.05, 0.1) is 24.0 Å². The summed E-state index contributed by atoms with van der Waals surface area (Å²) in [5.41, 5.74) is 6.21. The minimum absolute atomic E-state index is 0.121. The van der Waals surface area contributed by atoms with Crippen LogP contribution in [0.15, 0.2) is 53.7 Å². The molecule has 2 atom stereocenters. The summed E-state index contributed by atoms with van der Waals surface area (Å²) in [5, 5.41) is 22.2. The van der Waals surface area contributed by atoms with E-state index in [9.17, 15) is 5.11 Å². The van der Waals surface area contributed by atoms with Crippen molar-refractivity contribution >= 4 is 28.3 Å². The topological polar surface area (TPSA) is 78.6 Å². The summed E-state index contributed by atoms with van der Waals surface area (Å²) in [6, 6.07) is 14.9. The Morgan fingerprint density at radius 3 is 2.56 bits per heavy atom. The minimum atomic E-state index is -0.629. The molecule has 2 heterocycles. The third kappa shape index (κ3) is 4.81. The molecule has 4 rings (SSSR count). The first-order chi connectivity index (χ1) is 15.5. The minimum Gasteiger partial charge on any atom is -0.387 e. The predicted octanol–water partition coefficient (Wildman–Crippen LogP) is 4.73. The van der Waals surface area contributed by atoms with Crippen LogP contribution in [0.5, 0.6) is 0 Å². The quantitative estimate of drug-likeness (QED) is 0.542. The van der Waals surface area contributed by atoms with Gasteiger partial charge < -0.3 is 15.3 Å². The molecule has 0 spiro atoms. The van der Waals surface area contributed by atoms with E-state index in [4.69, 9.17) is 4.99 Å². The Bertz CT molecular complexity index is 1090. The highest BCUT2D eigenvalue weighted by Crippen LogP contribution is 2.32. The highest BCUT2D eigenvalue weighted by atomic mass is 32.2. The molecule has 0 amide bonds. The van der Waals surface area contributed by atoms with Gasteiger partial charge in [0.2, 0.25) is 0 Å². The molecule has 0 saturated carbocycles. The van der Waals surface area contributed by atoms with Gasteiger partial charge in [0.15, 0.2) is 5.17 Å². The molecular formula is C24H30N6OS. The zero-order chi connectivity index (χ0) is 22.7. The van der Waals surface area contributed by atoms with Crippen LogP contribution in [-0.4, -0.2) is 44.1 Å². The summed E-state index contributed by atoms with van der Waals surface area (Å²) < 4.78 is 1.68. The van der Waals surface area contributed by atoms with Gasteiger partial charge in [-0.25, -0.2) is 4.68 Å². The number of nitrogens with one attached hydrogen (secondary N) is 1. The normalized spacial score (nSPS) is 16.7. The van der Waals surface area contributed by atoms with E-state index < -0.39 is 6.10 Å². The first-order valence-electron chi connectivity index (χ1n) is 11.0. The molecule has 2 aromatic carbocycles. The molecular weight excluding hydrogens is 420 g/mol. The van der Waals surface area contributed by atoms with Crippen LogP contribution >= 0.6 is 11.8 Å². The van der Waals surface area contributed by atoms with Crippen molar-refractivity contribution in [2.24, 2.45) is 4.99 Å². The van der Waals surface area contributed by atoms with E-state index in [0.29, 0.717) is 5.69 Å². The van der Waals surface area contributed by atoms with Gasteiger partial charge in [-0.15, -0.1) is 5.10 Å². The summed E-state index contributed by atoms with van der Waals surface area (Å²) in [5.74, 6) is 0.910. The van der Waals surface area contributed by atoms with Crippen LogP contribution in [0.1, 0.15) is 49.7 Å². The maximum absolute atomic E-state index is 9.64. The predicted molar refractivity (Wildman–Crippen MR) is 133 cm³/mol. The van der Waals surface area contributed by atoms with Crippen molar-refractivity contribution in [2.45, 2.75) is 39.8 Å². The Morgan fingerprint density at radius 1 is 1.19 bits per heavy atom. The van der Waals surface area contributed by atoms with Gasteiger partial charge in [0.1, 0.15) is 5.69 Å². The summed E-state index contributed by atoms with van der Waals surface area (Å²) >= 11 is 1.75. The molecule has 2 unspecified atom stereocenters. The first kappa shape index (κ1) is 22.4. The number of hydrogen-bond donors (Lipinski definition) is 2. The number of thioether (sulfide) groups is 1. The molecule has 0 saturated heterocycles. The average Bonchev–Trinajstić information content (AvgIpc) is 3.47. The lowest BCUT2D eigenvalue weighted by atomic mass is 10.1. The number of anilines is 2. The molecule has 1 aliphatic rings. The molecule has 1 aliphatic heterocycles. The molecule has 2 N–H and O–H groups in total. The van der Waals surface area contributed by atoms with E-state index in [2.05, 4.69) is 71.6 Å². The number of hydrogen-bond acceptors (Lipinski definition) is 7. The Kier molecular flexibility index (Phi) is 6.81. The Labute approximate surface area is 193 Å². The van der Waals surface area contributed by atoms with Gasteiger partial charge >= 0.3 is 0 Å². The lowest BCUT2D eigenvalue weighted by Crippen LogP contribution is -2.21. The maximum atomic E-state index is 9.64. The van der Waals surface area contributed by atoms with Crippen LogP contribution in [0.25, 0.3) is 5.69 Å². The monoisotopic (exact) mass is 450 g/mol. The van der Waals surface area contributed by atoms with Crippen molar-refractivity contribution in [1.82, 2.24) is 15.0 Å². The van der Waals surface area contributed by atoms with Crippen LogP contribution in [0.4, 0.5) is 11.4 Å². The van der Waals surface area contributed by atoms with Gasteiger partial charge in [-0.05, 0) is 69.2 Å². The third-order valence-corrected chi connectivity index (χ3v) is 6.68. The lowest BCUT2D eigenvalue weighted by molar-refractivity contribution is 0.194. The number of aryl methyl sites for hydroxylation is 1. The first-order valence-corrected chi connectivity index (χ1v) is 12.0. The van der Waals surface area contributed by atoms with Crippen LogP contribution in [0, 0.1) is 6.92 Å². The zero-order valence-electron chi connectivity index (χ0n) is 19.0. The molecule has 8 heteroatoms. The van der Waals surface area contributed by atoms with Gasteiger partial charge in [-0.1, -0.05) is 29.1 Å². The number of nitrogens with zero attached hydrogens (tertiary/aromatic N) is 5. The number of benzene rings is 2. The fourth-order valence-corrected chi connectivity index (χ4v) is 4.71. The highest BCUT2D eigenvalue weighted by Gasteiger charge is 2.21. The number of aliphatic imine (C=N–C) groups is 1. The number of aliphatic hydroxyl groups excluding tert-OH is 1. The van der Waals surface area contributed by atoms with Crippen molar-refractivity contribution in [3.8, 4) is 5.69 Å². The molecule has 0 radical (unpaired) electrons. The van der Waals surface area contributed by atoms with Crippen LogP contribution in [0.3, 0.4) is 0 Å². The SMILES string of the molecule is CCN(CC)c1ccc(NC2=NC(c3ccc(-n4cc(C(C)O)nn4)cc3)CS2)c(C)c1. The molecule has 0 bridgehead atoms. The molecule has 3 aromatic rings. The largest absolute Gasteiger partial charge is 0.387 e. The van der Waals surface area contributed by atoms with Crippen molar-refractivity contribution in [1.29, 1.82) is 0 Å². The molecule has 32 heavy (non-hydrogen) atoms. The van der Waals surface area contributed by atoms with E-state index in [1.807, 2.05) is 12.1 Å². The van der Waals surface area contributed by atoms with E-state index >= 15 is 0 Å². The van der Waals surface area contributed by atoms with Gasteiger partial charge in [0.25, 0.3) is 0 Å². The average molecular weight is 451 g/mol. The van der Waals surface area contributed by atoms with Crippen LogP contribution in [-0.2, 0) is 0 Å². The third-order valence-electron chi connectivity index (χ3n) is 5.71. The molecule has 7 nitrogen and oxygen atoms in total. The second-order valence-corrected chi connectivity index (χ2v) is 8.92. The zero-order valence-corrected chi connectivity index (χ0v) is 19.8. The van der Waals surface area contributed by atoms with Crippen molar-refractivity contribution in [3.05, 3.63) is 65.5 Å². The fourth-order valence-electron chi connectivity index (χ4n) is 3.75. The molecule has 168 valence electrons. The summed E-state index contributed by atoms with van der Waals surface area (Å²) in [6.45, 7) is 10.2. The molecule has 1 aromatic heterocycles. The second kappa shape index (κ2) is 9.75. The molecule has 0 fully saturated rings. The van der Waals surface area contributed by atoms with Crippen molar-refractivity contribution in [3.63, 3.8) is 0 Å². The Morgan fingerprint density at radius 2 is 1.94 bits per heavy atom. The van der Waals surface area contributed by atoms with E-state index in [1.165, 1.54) is 16.8 Å². The van der Waals surface area contributed by atoms with E-state index in [-0.39, 0.29) is 6.04 Å². The molecule has 0 aliphatic carbocycles. The maximum Gasteiger partial charge on any atom is 0.161 e.